The van der Waals surface area contributed by atoms with Gasteiger partial charge in [0.1, 0.15) is 5.75 Å². The highest BCUT2D eigenvalue weighted by molar-refractivity contribution is 5.41. The molecule has 3 heteroatoms. The molecule has 0 aliphatic carbocycles. The van der Waals surface area contributed by atoms with Crippen molar-refractivity contribution in [3.63, 3.8) is 0 Å². The third-order valence-electron chi connectivity index (χ3n) is 4.25. The molecule has 1 unspecified atom stereocenters. The van der Waals surface area contributed by atoms with Crippen molar-refractivity contribution in [2.45, 2.75) is 25.7 Å². The number of benzene rings is 1. The fraction of sp³-hybridized carbons (Fsp3) is 0.600. The number of nitrogens with two attached hydrogens (primary N) is 1. The van der Waals surface area contributed by atoms with E-state index in [1.807, 2.05) is 6.07 Å². The maximum Gasteiger partial charge on any atom is 0.121 e. The minimum atomic E-state index is 0.112. The number of aryl methyl sites for hydroxylation is 1. The second-order valence-electron chi connectivity index (χ2n) is 5.17. The average molecular weight is 249 g/mol. The first kappa shape index (κ1) is 13.4. The molecule has 3 nitrogen and oxygen atoms in total. The lowest BCUT2D eigenvalue weighted by Crippen LogP contribution is -2.54. The van der Waals surface area contributed by atoms with E-state index in [0.29, 0.717) is 12.5 Å². The van der Waals surface area contributed by atoms with Gasteiger partial charge >= 0.3 is 0 Å². The standard InChI is InChI=1S/C15H23NO2/c1-4-12(8-16)15(9-18-10-15)13-5-6-14(17-3)11(2)7-13/h5-7,12H,4,8-10,16H2,1-3H3. The van der Waals surface area contributed by atoms with Gasteiger partial charge < -0.3 is 15.2 Å². The van der Waals surface area contributed by atoms with Gasteiger partial charge in [-0.25, -0.2) is 0 Å². The van der Waals surface area contributed by atoms with Crippen LogP contribution in [0.1, 0.15) is 24.5 Å². The highest BCUT2D eigenvalue weighted by atomic mass is 16.5. The first-order valence-electron chi connectivity index (χ1n) is 6.61. The van der Waals surface area contributed by atoms with Gasteiger partial charge in [-0.2, -0.15) is 0 Å². The molecule has 2 N–H and O–H groups in total. The summed E-state index contributed by atoms with van der Waals surface area (Å²) in [5, 5.41) is 0. The van der Waals surface area contributed by atoms with Gasteiger partial charge in [-0.05, 0) is 36.6 Å². The quantitative estimate of drug-likeness (QED) is 0.870. The van der Waals surface area contributed by atoms with E-state index in [2.05, 4.69) is 26.0 Å². The fourth-order valence-corrected chi connectivity index (χ4v) is 2.93. The topological polar surface area (TPSA) is 44.5 Å². The van der Waals surface area contributed by atoms with Gasteiger partial charge in [0, 0.05) is 5.41 Å². The van der Waals surface area contributed by atoms with E-state index >= 15 is 0 Å². The molecule has 100 valence electrons. The van der Waals surface area contributed by atoms with E-state index in [1.165, 1.54) is 11.1 Å². The van der Waals surface area contributed by atoms with Gasteiger partial charge in [0.25, 0.3) is 0 Å². The van der Waals surface area contributed by atoms with E-state index in [9.17, 15) is 0 Å². The molecular weight excluding hydrogens is 226 g/mol. The summed E-state index contributed by atoms with van der Waals surface area (Å²) >= 11 is 0. The molecule has 0 radical (unpaired) electrons. The highest BCUT2D eigenvalue weighted by Crippen LogP contribution is 2.41. The normalized spacial score (nSPS) is 19.1. The van der Waals surface area contributed by atoms with Gasteiger partial charge in [-0.1, -0.05) is 25.5 Å². The van der Waals surface area contributed by atoms with Crippen LogP contribution in [0.25, 0.3) is 0 Å². The molecule has 1 aromatic carbocycles. The Kier molecular flexibility index (Phi) is 3.93. The van der Waals surface area contributed by atoms with Crippen LogP contribution in [-0.2, 0) is 10.2 Å². The number of hydrogen-bond donors (Lipinski definition) is 1. The lowest BCUT2D eigenvalue weighted by atomic mass is 9.67. The van der Waals surface area contributed by atoms with Crippen molar-refractivity contribution in [1.29, 1.82) is 0 Å². The van der Waals surface area contributed by atoms with E-state index in [1.54, 1.807) is 7.11 Å². The largest absolute Gasteiger partial charge is 0.496 e. The highest BCUT2D eigenvalue weighted by Gasteiger charge is 2.45. The van der Waals surface area contributed by atoms with E-state index in [-0.39, 0.29) is 5.41 Å². The Balaban J connectivity index is 2.35. The summed E-state index contributed by atoms with van der Waals surface area (Å²) in [5.74, 6) is 1.42. The predicted molar refractivity (Wildman–Crippen MR) is 73.1 cm³/mol. The van der Waals surface area contributed by atoms with E-state index in [4.69, 9.17) is 15.2 Å². The van der Waals surface area contributed by atoms with Crippen LogP contribution in [0.5, 0.6) is 5.75 Å². The van der Waals surface area contributed by atoms with Crippen LogP contribution in [0.4, 0.5) is 0 Å². The van der Waals surface area contributed by atoms with Crippen LogP contribution in [-0.4, -0.2) is 26.9 Å². The third-order valence-corrected chi connectivity index (χ3v) is 4.25. The molecular formula is C15H23NO2. The molecule has 1 heterocycles. The Hall–Kier alpha value is -1.06. The lowest BCUT2D eigenvalue weighted by molar-refractivity contribution is -0.0898. The van der Waals surface area contributed by atoms with Crippen LogP contribution in [0, 0.1) is 12.8 Å². The Labute approximate surface area is 109 Å². The number of ether oxygens (including phenoxy) is 2. The minimum absolute atomic E-state index is 0.112. The van der Waals surface area contributed by atoms with Crippen LogP contribution in [0.3, 0.4) is 0 Å². The maximum absolute atomic E-state index is 5.93. The van der Waals surface area contributed by atoms with Gasteiger partial charge in [0.2, 0.25) is 0 Å². The summed E-state index contributed by atoms with van der Waals surface area (Å²) in [4.78, 5) is 0. The SMILES string of the molecule is CCC(CN)C1(c2ccc(OC)c(C)c2)COC1. The van der Waals surface area contributed by atoms with E-state index < -0.39 is 0 Å². The van der Waals surface area contributed by atoms with Gasteiger partial charge in [0.05, 0.1) is 20.3 Å². The molecule has 18 heavy (non-hydrogen) atoms. The minimum Gasteiger partial charge on any atom is -0.496 e. The molecule has 0 saturated carbocycles. The van der Waals surface area contributed by atoms with Gasteiger partial charge in [-0.3, -0.25) is 0 Å². The molecule has 0 bridgehead atoms. The zero-order chi connectivity index (χ0) is 13.2. The Morgan fingerprint density at radius 1 is 1.44 bits per heavy atom. The summed E-state index contributed by atoms with van der Waals surface area (Å²) in [6, 6.07) is 6.43. The molecule has 1 saturated heterocycles. The van der Waals surface area contributed by atoms with Crippen molar-refractivity contribution in [2.75, 3.05) is 26.9 Å². The molecule has 0 spiro atoms. The van der Waals surface area contributed by atoms with Crippen LogP contribution in [0.15, 0.2) is 18.2 Å². The Morgan fingerprint density at radius 2 is 2.17 bits per heavy atom. The van der Waals surface area contributed by atoms with E-state index in [0.717, 1.165) is 25.4 Å². The summed E-state index contributed by atoms with van der Waals surface area (Å²) in [7, 11) is 1.71. The third kappa shape index (κ3) is 2.02. The monoisotopic (exact) mass is 249 g/mol. The molecule has 1 atom stereocenters. The van der Waals surface area contributed by atoms with Crippen LogP contribution in [0.2, 0.25) is 0 Å². The van der Waals surface area contributed by atoms with Gasteiger partial charge in [-0.15, -0.1) is 0 Å². The summed E-state index contributed by atoms with van der Waals surface area (Å²) in [5.41, 5.74) is 8.55. The second-order valence-corrected chi connectivity index (χ2v) is 5.17. The van der Waals surface area contributed by atoms with Gasteiger partial charge in [0.15, 0.2) is 0 Å². The molecule has 1 aliphatic heterocycles. The van der Waals surface area contributed by atoms with Crippen LogP contribution < -0.4 is 10.5 Å². The molecule has 0 aromatic heterocycles. The zero-order valence-electron chi connectivity index (χ0n) is 11.5. The predicted octanol–water partition coefficient (Wildman–Crippen LogP) is 2.26. The summed E-state index contributed by atoms with van der Waals surface area (Å²) < 4.78 is 10.8. The van der Waals surface area contributed by atoms with Crippen molar-refractivity contribution < 1.29 is 9.47 Å². The summed E-state index contributed by atoms with van der Waals surface area (Å²) in [6.45, 7) is 6.57. The van der Waals surface area contributed by atoms with Crippen molar-refractivity contribution in [3.8, 4) is 5.75 Å². The van der Waals surface area contributed by atoms with Crippen molar-refractivity contribution in [3.05, 3.63) is 29.3 Å². The Morgan fingerprint density at radius 3 is 2.56 bits per heavy atom. The first-order valence-corrected chi connectivity index (χ1v) is 6.61. The summed E-state index contributed by atoms with van der Waals surface area (Å²) in [6.07, 6.45) is 1.09. The zero-order valence-corrected chi connectivity index (χ0v) is 11.5. The lowest BCUT2D eigenvalue weighted by Gasteiger charge is -2.47. The smallest absolute Gasteiger partial charge is 0.121 e. The molecule has 1 aromatic rings. The number of methoxy groups -OCH3 is 1. The fourth-order valence-electron chi connectivity index (χ4n) is 2.93. The average Bonchev–Trinajstić information content (AvgIpc) is 2.33. The van der Waals surface area contributed by atoms with Crippen LogP contribution >= 0.6 is 0 Å². The number of hydrogen-bond acceptors (Lipinski definition) is 3. The second kappa shape index (κ2) is 5.29. The van der Waals surface area contributed by atoms with Crippen molar-refractivity contribution >= 4 is 0 Å². The molecule has 2 rings (SSSR count). The van der Waals surface area contributed by atoms with Crippen molar-refractivity contribution in [1.82, 2.24) is 0 Å². The molecule has 1 aliphatic rings. The van der Waals surface area contributed by atoms with Crippen molar-refractivity contribution in [2.24, 2.45) is 11.7 Å². The molecule has 0 amide bonds. The first-order chi connectivity index (χ1) is 8.67. The molecule has 1 fully saturated rings. The number of rotatable bonds is 5. The maximum atomic E-state index is 5.93. The Bertz CT molecular complexity index is 409.